The van der Waals surface area contributed by atoms with Gasteiger partial charge in [-0.25, -0.2) is 8.42 Å². The fourth-order valence-corrected chi connectivity index (χ4v) is 5.83. The Morgan fingerprint density at radius 1 is 0.889 bits per heavy atom. The van der Waals surface area contributed by atoms with Crippen LogP contribution in [-0.4, -0.2) is 66.2 Å². The predicted molar refractivity (Wildman–Crippen MR) is 141 cm³/mol. The Morgan fingerprint density at radius 3 is 2.17 bits per heavy atom. The van der Waals surface area contributed by atoms with Crippen molar-refractivity contribution in [2.45, 2.75) is 4.90 Å². The molecule has 1 aliphatic rings. The van der Waals surface area contributed by atoms with Crippen molar-refractivity contribution < 1.29 is 22.7 Å². The molecule has 0 saturated carbocycles. The third-order valence-corrected chi connectivity index (χ3v) is 8.18. The summed E-state index contributed by atoms with van der Waals surface area (Å²) in [6.45, 7) is 1.77. The summed E-state index contributed by atoms with van der Waals surface area (Å²) >= 11 is 6.30. The highest BCUT2D eigenvalue weighted by Crippen LogP contribution is 2.32. The van der Waals surface area contributed by atoms with Gasteiger partial charge in [0.05, 0.1) is 35.5 Å². The number of para-hydroxylation sites is 2. The second kappa shape index (κ2) is 11.1. The van der Waals surface area contributed by atoms with E-state index in [4.69, 9.17) is 21.1 Å². The highest BCUT2D eigenvalue weighted by molar-refractivity contribution is 7.92. The number of sulfonamides is 1. The van der Waals surface area contributed by atoms with Crippen LogP contribution in [0, 0.1) is 0 Å². The van der Waals surface area contributed by atoms with Crippen molar-refractivity contribution in [3.05, 3.63) is 77.8 Å². The summed E-state index contributed by atoms with van der Waals surface area (Å²) < 4.78 is 38.9. The van der Waals surface area contributed by atoms with E-state index in [0.29, 0.717) is 31.9 Å². The van der Waals surface area contributed by atoms with E-state index in [1.54, 1.807) is 42.3 Å². The molecular weight excluding hydrogens is 502 g/mol. The van der Waals surface area contributed by atoms with Crippen molar-refractivity contribution in [3.8, 4) is 11.5 Å². The third kappa shape index (κ3) is 5.37. The van der Waals surface area contributed by atoms with Crippen LogP contribution in [0.15, 0.2) is 77.7 Å². The molecule has 36 heavy (non-hydrogen) atoms. The lowest BCUT2D eigenvalue weighted by molar-refractivity contribution is -0.129. The molecule has 10 heteroatoms. The van der Waals surface area contributed by atoms with Gasteiger partial charge in [-0.1, -0.05) is 41.9 Å². The average Bonchev–Trinajstić information content (AvgIpc) is 2.92. The topological polar surface area (TPSA) is 79.4 Å². The lowest BCUT2D eigenvalue weighted by atomic mass is 10.2. The largest absolute Gasteiger partial charge is 0.495 e. The van der Waals surface area contributed by atoms with Crippen molar-refractivity contribution in [1.82, 2.24) is 4.90 Å². The zero-order valence-electron chi connectivity index (χ0n) is 20.1. The Labute approximate surface area is 216 Å². The van der Waals surface area contributed by atoms with E-state index in [2.05, 4.69) is 4.90 Å². The first-order valence-corrected chi connectivity index (χ1v) is 13.2. The molecule has 0 aromatic heterocycles. The molecule has 1 amide bonds. The second-order valence-electron chi connectivity index (χ2n) is 8.18. The Kier molecular flexibility index (Phi) is 7.91. The van der Waals surface area contributed by atoms with E-state index < -0.39 is 10.0 Å². The predicted octanol–water partition coefficient (Wildman–Crippen LogP) is 3.90. The van der Waals surface area contributed by atoms with Crippen molar-refractivity contribution >= 4 is 38.9 Å². The molecule has 0 aliphatic carbocycles. The smallest absolute Gasteiger partial charge is 0.264 e. The van der Waals surface area contributed by atoms with Crippen LogP contribution >= 0.6 is 11.6 Å². The van der Waals surface area contributed by atoms with Crippen LogP contribution in [0.4, 0.5) is 11.4 Å². The molecule has 1 aliphatic heterocycles. The van der Waals surface area contributed by atoms with E-state index in [1.165, 1.54) is 25.3 Å². The van der Waals surface area contributed by atoms with Crippen LogP contribution in [0.2, 0.25) is 5.02 Å². The van der Waals surface area contributed by atoms with Crippen LogP contribution in [0.1, 0.15) is 0 Å². The van der Waals surface area contributed by atoms with Gasteiger partial charge in [0.15, 0.2) is 0 Å². The van der Waals surface area contributed by atoms with Crippen LogP contribution < -0.4 is 18.7 Å². The molecule has 3 aromatic carbocycles. The van der Waals surface area contributed by atoms with Gasteiger partial charge in [-0.2, -0.15) is 0 Å². The molecule has 0 spiro atoms. The fraction of sp³-hybridized carbons (Fsp3) is 0.269. The SMILES string of the molecule is COc1ccc(N(CC(=O)N2CCN(c3ccccc3OC)CC2)S(=O)(=O)c2ccccc2)cc1Cl. The second-order valence-corrected chi connectivity index (χ2v) is 10.5. The standard InChI is InChI=1S/C26H28ClN3O5S/c1-34-24-13-12-20(18-22(24)27)30(36(32,33)21-8-4-3-5-9-21)19-26(31)29-16-14-28(15-17-29)23-10-6-7-11-25(23)35-2/h3-13,18H,14-17,19H2,1-2H3. The number of carbonyl (C=O) groups excluding carboxylic acids is 1. The molecule has 0 N–H and O–H groups in total. The molecule has 1 saturated heterocycles. The minimum Gasteiger partial charge on any atom is -0.495 e. The zero-order chi connectivity index (χ0) is 25.7. The molecule has 0 bridgehead atoms. The highest BCUT2D eigenvalue weighted by Gasteiger charge is 2.31. The maximum Gasteiger partial charge on any atom is 0.264 e. The number of carbonyl (C=O) groups is 1. The van der Waals surface area contributed by atoms with Crippen molar-refractivity contribution in [1.29, 1.82) is 0 Å². The first-order chi connectivity index (χ1) is 17.3. The van der Waals surface area contributed by atoms with E-state index >= 15 is 0 Å². The number of methoxy groups -OCH3 is 2. The summed E-state index contributed by atoms with van der Waals surface area (Å²) in [5.41, 5.74) is 1.25. The first-order valence-electron chi connectivity index (χ1n) is 11.4. The summed E-state index contributed by atoms with van der Waals surface area (Å²) in [6.07, 6.45) is 0. The summed E-state index contributed by atoms with van der Waals surface area (Å²) in [5.74, 6) is 0.895. The van der Waals surface area contributed by atoms with Gasteiger partial charge < -0.3 is 19.3 Å². The van der Waals surface area contributed by atoms with Gasteiger partial charge in [-0.3, -0.25) is 9.10 Å². The number of benzene rings is 3. The maximum absolute atomic E-state index is 13.6. The third-order valence-electron chi connectivity index (χ3n) is 6.09. The van der Waals surface area contributed by atoms with Gasteiger partial charge in [-0.05, 0) is 42.5 Å². The summed E-state index contributed by atoms with van der Waals surface area (Å²) in [6, 6.07) is 20.4. The molecule has 190 valence electrons. The summed E-state index contributed by atoms with van der Waals surface area (Å²) in [4.78, 5) is 17.3. The Morgan fingerprint density at radius 2 is 1.53 bits per heavy atom. The quantitative estimate of drug-likeness (QED) is 0.440. The number of amides is 1. The molecule has 4 rings (SSSR count). The minimum absolute atomic E-state index is 0.0886. The summed E-state index contributed by atoms with van der Waals surface area (Å²) in [7, 11) is -0.917. The Balaban J connectivity index is 1.55. The molecule has 0 unspecified atom stereocenters. The Bertz CT molecular complexity index is 1310. The minimum atomic E-state index is -4.03. The number of hydrogen-bond acceptors (Lipinski definition) is 6. The van der Waals surface area contributed by atoms with Gasteiger partial charge in [-0.15, -0.1) is 0 Å². The fourth-order valence-electron chi connectivity index (χ4n) is 4.16. The van der Waals surface area contributed by atoms with Crippen LogP contribution in [0.25, 0.3) is 0 Å². The lowest BCUT2D eigenvalue weighted by Gasteiger charge is -2.37. The van der Waals surface area contributed by atoms with Gasteiger partial charge >= 0.3 is 0 Å². The number of piperazine rings is 1. The number of nitrogens with zero attached hydrogens (tertiary/aromatic N) is 3. The normalized spacial score (nSPS) is 13.9. The highest BCUT2D eigenvalue weighted by atomic mass is 35.5. The van der Waals surface area contributed by atoms with Crippen molar-refractivity contribution in [2.75, 3.05) is 56.1 Å². The van der Waals surface area contributed by atoms with Gasteiger partial charge in [0.1, 0.15) is 18.0 Å². The summed E-state index contributed by atoms with van der Waals surface area (Å²) in [5, 5.41) is 0.251. The molecule has 8 nitrogen and oxygen atoms in total. The zero-order valence-corrected chi connectivity index (χ0v) is 21.7. The first kappa shape index (κ1) is 25.7. The molecule has 0 atom stereocenters. The number of anilines is 2. The molecule has 3 aromatic rings. The van der Waals surface area contributed by atoms with E-state index in [9.17, 15) is 13.2 Å². The Hall–Kier alpha value is -3.43. The average molecular weight is 530 g/mol. The van der Waals surface area contributed by atoms with Gasteiger partial charge in [0.2, 0.25) is 5.91 Å². The van der Waals surface area contributed by atoms with E-state index in [0.717, 1.165) is 15.7 Å². The number of hydrogen-bond donors (Lipinski definition) is 0. The van der Waals surface area contributed by atoms with Crippen LogP contribution in [0.3, 0.4) is 0 Å². The molecule has 1 heterocycles. The number of ether oxygens (including phenoxy) is 2. The van der Waals surface area contributed by atoms with E-state index in [1.807, 2.05) is 24.3 Å². The van der Waals surface area contributed by atoms with Gasteiger partial charge in [0.25, 0.3) is 10.0 Å². The van der Waals surface area contributed by atoms with E-state index in [-0.39, 0.29) is 28.1 Å². The van der Waals surface area contributed by atoms with Crippen molar-refractivity contribution in [2.24, 2.45) is 0 Å². The van der Waals surface area contributed by atoms with Crippen LogP contribution in [0.5, 0.6) is 11.5 Å². The lowest BCUT2D eigenvalue weighted by Crippen LogP contribution is -2.52. The number of rotatable bonds is 8. The monoisotopic (exact) mass is 529 g/mol. The molecule has 1 fully saturated rings. The molecule has 0 radical (unpaired) electrons. The molecular formula is C26H28ClN3O5S. The van der Waals surface area contributed by atoms with Gasteiger partial charge in [0, 0.05) is 26.2 Å². The van der Waals surface area contributed by atoms with Crippen LogP contribution in [-0.2, 0) is 14.8 Å². The number of halogens is 1. The maximum atomic E-state index is 13.6. The van der Waals surface area contributed by atoms with Crippen molar-refractivity contribution in [3.63, 3.8) is 0 Å².